The minimum absolute atomic E-state index is 0. The average Bonchev–Trinajstić information content (AvgIpc) is 2.96. The van der Waals surface area contributed by atoms with E-state index in [1.54, 1.807) is 12.1 Å². The zero-order valence-electron chi connectivity index (χ0n) is 12.1. The lowest BCUT2D eigenvalue weighted by molar-refractivity contribution is 0.598. The molecule has 3 rings (SSSR count). The third-order valence-corrected chi connectivity index (χ3v) is 5.02. The van der Waals surface area contributed by atoms with Gasteiger partial charge in [-0.25, -0.2) is 18.5 Å². The monoisotopic (exact) mass is 445 g/mol. The number of rotatable bonds is 4. The van der Waals surface area contributed by atoms with Crippen LogP contribution in [0.1, 0.15) is 0 Å². The van der Waals surface area contributed by atoms with Gasteiger partial charge in [0, 0.05) is 21.7 Å². The number of hydrogen-bond acceptors (Lipinski definition) is 5. The van der Waals surface area contributed by atoms with Crippen LogP contribution >= 0.6 is 39.9 Å². The largest absolute Gasteiger partial charge is 0.332 e. The second-order valence-electron chi connectivity index (χ2n) is 4.74. The molecule has 0 spiro atoms. The number of sulfonamides is 1. The lowest BCUT2D eigenvalue weighted by Crippen LogP contribution is -2.11. The van der Waals surface area contributed by atoms with Crippen LogP contribution in [0.15, 0.2) is 58.8 Å². The summed E-state index contributed by atoms with van der Waals surface area (Å²) in [7, 11) is -3.68. The van der Waals surface area contributed by atoms with Crippen LogP contribution in [0.5, 0.6) is 0 Å². The van der Waals surface area contributed by atoms with Gasteiger partial charge in [-0.05, 0) is 36.4 Å². The van der Waals surface area contributed by atoms with Crippen LogP contribution in [-0.4, -0.2) is 13.4 Å². The third kappa shape index (κ3) is 4.55. The quantitative estimate of drug-likeness (QED) is 0.621. The molecular formula is C15H13BrClN3O2S2. The fourth-order valence-corrected chi connectivity index (χ4v) is 3.32. The van der Waals surface area contributed by atoms with Crippen molar-refractivity contribution < 1.29 is 8.42 Å². The Bertz CT molecular complexity index is 926. The lowest BCUT2D eigenvalue weighted by atomic mass is 10.2. The van der Waals surface area contributed by atoms with Crippen molar-refractivity contribution in [1.82, 2.24) is 4.98 Å². The van der Waals surface area contributed by atoms with Crippen LogP contribution in [0, 0.1) is 0 Å². The Morgan fingerprint density at radius 2 is 1.67 bits per heavy atom. The molecule has 0 aliphatic carbocycles. The summed E-state index contributed by atoms with van der Waals surface area (Å²) in [6, 6.07) is 13.6. The maximum absolute atomic E-state index is 11.2. The summed E-state index contributed by atoms with van der Waals surface area (Å²) in [5, 5.41) is 11.5. The van der Waals surface area contributed by atoms with E-state index < -0.39 is 10.0 Å². The fourth-order valence-electron chi connectivity index (χ4n) is 1.94. The number of anilines is 2. The Kier molecular flexibility index (Phi) is 6.00. The molecule has 9 heteroatoms. The Balaban J connectivity index is 0.00000208. The molecule has 0 aliphatic heterocycles. The van der Waals surface area contributed by atoms with Gasteiger partial charge in [-0.3, -0.25) is 0 Å². The minimum Gasteiger partial charge on any atom is -0.332 e. The van der Waals surface area contributed by atoms with Crippen molar-refractivity contribution in [3.8, 4) is 11.3 Å². The number of nitrogens with one attached hydrogen (secondary N) is 1. The third-order valence-electron chi connectivity index (χ3n) is 3.08. The molecule has 0 saturated heterocycles. The van der Waals surface area contributed by atoms with Gasteiger partial charge in [-0.2, -0.15) is 0 Å². The highest BCUT2D eigenvalue weighted by molar-refractivity contribution is 8.93. The van der Waals surface area contributed by atoms with Crippen molar-refractivity contribution in [3.63, 3.8) is 0 Å². The van der Waals surface area contributed by atoms with Crippen LogP contribution < -0.4 is 10.5 Å². The highest BCUT2D eigenvalue weighted by Crippen LogP contribution is 2.28. The van der Waals surface area contributed by atoms with E-state index >= 15 is 0 Å². The fraction of sp³-hybridized carbons (Fsp3) is 0. The molecule has 0 bridgehead atoms. The number of thiazole rings is 1. The molecule has 3 N–H and O–H groups in total. The minimum atomic E-state index is -3.68. The summed E-state index contributed by atoms with van der Waals surface area (Å²) in [4.78, 5) is 4.57. The van der Waals surface area contributed by atoms with Gasteiger partial charge in [0.15, 0.2) is 5.13 Å². The molecule has 0 fully saturated rings. The van der Waals surface area contributed by atoms with Crippen molar-refractivity contribution in [2.45, 2.75) is 4.90 Å². The van der Waals surface area contributed by atoms with Crippen LogP contribution in [-0.2, 0) is 10.0 Å². The molecule has 1 heterocycles. The molecule has 0 radical (unpaired) electrons. The molecule has 2 aromatic carbocycles. The summed E-state index contributed by atoms with van der Waals surface area (Å²) < 4.78 is 22.4. The Morgan fingerprint density at radius 3 is 2.25 bits per heavy atom. The Labute approximate surface area is 159 Å². The molecular weight excluding hydrogens is 434 g/mol. The average molecular weight is 447 g/mol. The van der Waals surface area contributed by atoms with Gasteiger partial charge in [0.05, 0.1) is 10.6 Å². The van der Waals surface area contributed by atoms with Crippen LogP contribution in [0.3, 0.4) is 0 Å². The summed E-state index contributed by atoms with van der Waals surface area (Å²) in [6.45, 7) is 0. The number of primary sulfonamides is 1. The second-order valence-corrected chi connectivity index (χ2v) is 7.60. The van der Waals surface area contributed by atoms with Gasteiger partial charge in [0.25, 0.3) is 0 Å². The van der Waals surface area contributed by atoms with Gasteiger partial charge in [-0.15, -0.1) is 28.3 Å². The molecule has 0 aliphatic rings. The molecule has 24 heavy (non-hydrogen) atoms. The predicted octanol–water partition coefficient (Wildman–Crippen LogP) is 4.43. The molecule has 3 aromatic rings. The van der Waals surface area contributed by atoms with E-state index in [2.05, 4.69) is 10.3 Å². The number of halogens is 2. The van der Waals surface area contributed by atoms with Crippen molar-refractivity contribution in [2.24, 2.45) is 5.14 Å². The smallest absolute Gasteiger partial charge is 0.238 e. The Hall–Kier alpha value is -1.45. The highest BCUT2D eigenvalue weighted by Gasteiger charge is 2.08. The molecule has 0 atom stereocenters. The first-order valence-corrected chi connectivity index (χ1v) is 9.33. The number of aromatic nitrogens is 1. The zero-order chi connectivity index (χ0) is 16.4. The van der Waals surface area contributed by atoms with Gasteiger partial charge < -0.3 is 5.32 Å². The second kappa shape index (κ2) is 7.62. The zero-order valence-corrected chi connectivity index (χ0v) is 16.2. The summed E-state index contributed by atoms with van der Waals surface area (Å²) in [5.41, 5.74) is 2.55. The van der Waals surface area contributed by atoms with E-state index in [0.717, 1.165) is 16.9 Å². The maximum atomic E-state index is 11.2. The molecule has 126 valence electrons. The number of nitrogens with two attached hydrogens (primary N) is 1. The maximum Gasteiger partial charge on any atom is 0.238 e. The molecule has 5 nitrogen and oxygen atoms in total. The van der Waals surface area contributed by atoms with E-state index in [0.29, 0.717) is 10.2 Å². The SMILES string of the molecule is Br.NS(=O)(=O)c1ccc(Nc2nc(-c3ccc(Cl)cc3)cs2)cc1. The number of benzene rings is 2. The van der Waals surface area contributed by atoms with E-state index in [9.17, 15) is 8.42 Å². The molecule has 0 unspecified atom stereocenters. The molecule has 1 aromatic heterocycles. The summed E-state index contributed by atoms with van der Waals surface area (Å²) >= 11 is 7.33. The lowest BCUT2D eigenvalue weighted by Gasteiger charge is -2.03. The van der Waals surface area contributed by atoms with Crippen LogP contribution in [0.4, 0.5) is 10.8 Å². The van der Waals surface area contributed by atoms with Crippen molar-refractivity contribution in [1.29, 1.82) is 0 Å². The van der Waals surface area contributed by atoms with Gasteiger partial charge in [-0.1, -0.05) is 23.7 Å². The topological polar surface area (TPSA) is 85.1 Å². The first-order chi connectivity index (χ1) is 10.9. The van der Waals surface area contributed by atoms with E-state index in [1.165, 1.54) is 23.5 Å². The first-order valence-electron chi connectivity index (χ1n) is 6.53. The Morgan fingerprint density at radius 1 is 1.04 bits per heavy atom. The van der Waals surface area contributed by atoms with Crippen LogP contribution in [0.2, 0.25) is 5.02 Å². The summed E-state index contributed by atoms with van der Waals surface area (Å²) in [5.74, 6) is 0. The standard InChI is InChI=1S/C15H12ClN3O2S2.BrH/c16-11-3-1-10(2-4-11)14-9-22-15(19-14)18-12-5-7-13(8-6-12)23(17,20)21;/h1-9H,(H,18,19)(H2,17,20,21);1H. The van der Waals surface area contributed by atoms with Gasteiger partial charge in [0.2, 0.25) is 10.0 Å². The van der Waals surface area contributed by atoms with Gasteiger partial charge >= 0.3 is 0 Å². The first kappa shape index (κ1) is 18.9. The normalized spacial score (nSPS) is 10.9. The number of nitrogens with zero attached hydrogens (tertiary/aromatic N) is 1. The number of hydrogen-bond donors (Lipinski definition) is 2. The van der Waals surface area contributed by atoms with Crippen molar-refractivity contribution in [2.75, 3.05) is 5.32 Å². The van der Waals surface area contributed by atoms with Gasteiger partial charge in [0.1, 0.15) is 0 Å². The van der Waals surface area contributed by atoms with E-state index in [1.807, 2.05) is 29.6 Å². The van der Waals surface area contributed by atoms with Crippen molar-refractivity contribution in [3.05, 3.63) is 58.9 Å². The van der Waals surface area contributed by atoms with Crippen molar-refractivity contribution >= 4 is 60.8 Å². The highest BCUT2D eigenvalue weighted by atomic mass is 79.9. The van der Waals surface area contributed by atoms with E-state index in [4.69, 9.17) is 16.7 Å². The molecule has 0 amide bonds. The predicted molar refractivity (Wildman–Crippen MR) is 104 cm³/mol. The summed E-state index contributed by atoms with van der Waals surface area (Å²) in [6.07, 6.45) is 0. The van der Waals surface area contributed by atoms with Crippen LogP contribution in [0.25, 0.3) is 11.3 Å². The van der Waals surface area contributed by atoms with E-state index in [-0.39, 0.29) is 21.9 Å². The molecule has 0 saturated carbocycles.